The van der Waals surface area contributed by atoms with Gasteiger partial charge in [-0.2, -0.15) is 0 Å². The SMILES string of the molecule is Cc1cc(N2C(=O)CC3(CCCC3)C2=O)ccc1C(=O)O. The Morgan fingerprint density at radius 3 is 2.48 bits per heavy atom. The Kier molecular flexibility index (Phi) is 3.08. The summed E-state index contributed by atoms with van der Waals surface area (Å²) < 4.78 is 0. The summed E-state index contributed by atoms with van der Waals surface area (Å²) in [5.41, 5.74) is 0.717. The molecule has 1 aromatic carbocycles. The fourth-order valence-electron chi connectivity index (χ4n) is 3.53. The third kappa shape index (κ3) is 2.04. The van der Waals surface area contributed by atoms with Gasteiger partial charge in [0.2, 0.25) is 11.8 Å². The van der Waals surface area contributed by atoms with Crippen LogP contribution in [0, 0.1) is 12.3 Å². The molecule has 1 aromatic rings. The molecule has 5 nitrogen and oxygen atoms in total. The van der Waals surface area contributed by atoms with Gasteiger partial charge in [0.1, 0.15) is 0 Å². The maximum absolute atomic E-state index is 12.7. The van der Waals surface area contributed by atoms with Gasteiger partial charge in [0.25, 0.3) is 0 Å². The molecule has 0 radical (unpaired) electrons. The Morgan fingerprint density at radius 1 is 1.24 bits per heavy atom. The molecule has 1 aliphatic heterocycles. The lowest BCUT2D eigenvalue weighted by Crippen LogP contribution is -2.34. The quantitative estimate of drug-likeness (QED) is 0.848. The van der Waals surface area contributed by atoms with E-state index in [0.29, 0.717) is 11.3 Å². The van der Waals surface area contributed by atoms with E-state index in [2.05, 4.69) is 0 Å². The van der Waals surface area contributed by atoms with Gasteiger partial charge in [0.15, 0.2) is 0 Å². The first-order valence-electron chi connectivity index (χ1n) is 7.16. The lowest BCUT2D eigenvalue weighted by Gasteiger charge is -2.21. The fourth-order valence-corrected chi connectivity index (χ4v) is 3.53. The molecule has 0 bridgehead atoms. The Hall–Kier alpha value is -2.17. The van der Waals surface area contributed by atoms with Crippen LogP contribution in [0.1, 0.15) is 48.0 Å². The van der Waals surface area contributed by atoms with Crippen molar-refractivity contribution in [3.05, 3.63) is 29.3 Å². The van der Waals surface area contributed by atoms with Crippen LogP contribution in [0.2, 0.25) is 0 Å². The summed E-state index contributed by atoms with van der Waals surface area (Å²) >= 11 is 0. The number of aryl methyl sites for hydroxylation is 1. The summed E-state index contributed by atoms with van der Waals surface area (Å²) in [6.07, 6.45) is 3.82. The van der Waals surface area contributed by atoms with Crippen LogP contribution in [0.25, 0.3) is 0 Å². The number of rotatable bonds is 2. The van der Waals surface area contributed by atoms with Crippen molar-refractivity contribution in [2.45, 2.75) is 39.0 Å². The van der Waals surface area contributed by atoms with Crippen molar-refractivity contribution >= 4 is 23.5 Å². The number of carbonyl (C=O) groups is 3. The number of aromatic carboxylic acids is 1. The number of hydrogen-bond acceptors (Lipinski definition) is 3. The van der Waals surface area contributed by atoms with Crippen LogP contribution in [0.3, 0.4) is 0 Å². The third-order valence-corrected chi connectivity index (χ3v) is 4.66. The predicted octanol–water partition coefficient (Wildman–Crippen LogP) is 2.52. The number of benzene rings is 1. The van der Waals surface area contributed by atoms with Crippen LogP contribution in [0.5, 0.6) is 0 Å². The third-order valence-electron chi connectivity index (χ3n) is 4.66. The number of imide groups is 1. The molecule has 1 aliphatic carbocycles. The van der Waals surface area contributed by atoms with Crippen LogP contribution in [-0.2, 0) is 9.59 Å². The first kappa shape index (κ1) is 13.8. The number of carboxylic acid groups (broad SMARTS) is 1. The monoisotopic (exact) mass is 287 g/mol. The molecule has 1 spiro atoms. The maximum Gasteiger partial charge on any atom is 0.335 e. The van der Waals surface area contributed by atoms with Gasteiger partial charge in [-0.15, -0.1) is 0 Å². The highest BCUT2D eigenvalue weighted by Gasteiger charge is 2.53. The first-order chi connectivity index (χ1) is 9.94. The van der Waals surface area contributed by atoms with E-state index in [4.69, 9.17) is 5.11 Å². The van der Waals surface area contributed by atoms with Crippen molar-refractivity contribution in [1.29, 1.82) is 0 Å². The Labute approximate surface area is 122 Å². The van der Waals surface area contributed by atoms with Gasteiger partial charge in [0.05, 0.1) is 16.7 Å². The van der Waals surface area contributed by atoms with Gasteiger partial charge in [-0.1, -0.05) is 12.8 Å². The second kappa shape index (κ2) is 4.69. The van der Waals surface area contributed by atoms with Crippen molar-refractivity contribution in [2.24, 2.45) is 5.41 Å². The molecule has 0 aromatic heterocycles. The highest BCUT2D eigenvalue weighted by atomic mass is 16.4. The molecule has 2 amide bonds. The van der Waals surface area contributed by atoms with Gasteiger partial charge in [-0.25, -0.2) is 4.79 Å². The summed E-state index contributed by atoms with van der Waals surface area (Å²) in [5, 5.41) is 9.05. The first-order valence-corrected chi connectivity index (χ1v) is 7.16. The van der Waals surface area contributed by atoms with Gasteiger partial charge in [-0.3, -0.25) is 14.5 Å². The molecular weight excluding hydrogens is 270 g/mol. The zero-order chi connectivity index (χ0) is 15.2. The van der Waals surface area contributed by atoms with Crippen LogP contribution in [0.15, 0.2) is 18.2 Å². The minimum atomic E-state index is -1.01. The zero-order valence-corrected chi connectivity index (χ0v) is 11.9. The van der Waals surface area contributed by atoms with Crippen molar-refractivity contribution < 1.29 is 19.5 Å². The number of carboxylic acids is 1. The van der Waals surface area contributed by atoms with E-state index in [1.165, 1.54) is 11.0 Å². The number of nitrogens with zero attached hydrogens (tertiary/aromatic N) is 1. The summed E-state index contributed by atoms with van der Waals surface area (Å²) in [7, 11) is 0. The number of anilines is 1. The molecule has 1 N–H and O–H groups in total. The average Bonchev–Trinajstić information content (AvgIpc) is 2.96. The molecule has 2 fully saturated rings. The summed E-state index contributed by atoms with van der Waals surface area (Å²) in [6.45, 7) is 1.67. The normalized spacial score (nSPS) is 20.5. The Morgan fingerprint density at radius 2 is 1.90 bits per heavy atom. The summed E-state index contributed by atoms with van der Waals surface area (Å²) in [4.78, 5) is 37.2. The number of hydrogen-bond donors (Lipinski definition) is 1. The smallest absolute Gasteiger partial charge is 0.335 e. The molecule has 1 saturated heterocycles. The van der Waals surface area contributed by atoms with Crippen molar-refractivity contribution in [2.75, 3.05) is 4.90 Å². The average molecular weight is 287 g/mol. The lowest BCUT2D eigenvalue weighted by atomic mass is 9.84. The van der Waals surface area contributed by atoms with Gasteiger partial charge in [0, 0.05) is 6.42 Å². The lowest BCUT2D eigenvalue weighted by molar-refractivity contribution is -0.125. The van der Waals surface area contributed by atoms with E-state index in [-0.39, 0.29) is 23.8 Å². The maximum atomic E-state index is 12.7. The molecular formula is C16H17NO4. The molecule has 21 heavy (non-hydrogen) atoms. The number of amides is 2. The van der Waals surface area contributed by atoms with Crippen LogP contribution in [0.4, 0.5) is 5.69 Å². The van der Waals surface area contributed by atoms with Crippen molar-refractivity contribution in [3.8, 4) is 0 Å². The number of carbonyl (C=O) groups excluding carboxylic acids is 2. The van der Waals surface area contributed by atoms with E-state index in [1.807, 2.05) is 0 Å². The van der Waals surface area contributed by atoms with Crippen LogP contribution >= 0.6 is 0 Å². The molecule has 110 valence electrons. The van der Waals surface area contributed by atoms with Crippen molar-refractivity contribution in [3.63, 3.8) is 0 Å². The summed E-state index contributed by atoms with van der Waals surface area (Å²) in [6, 6.07) is 4.60. The second-order valence-electron chi connectivity index (χ2n) is 6.00. The Balaban J connectivity index is 1.97. The predicted molar refractivity (Wildman–Crippen MR) is 76.1 cm³/mol. The largest absolute Gasteiger partial charge is 0.478 e. The highest BCUT2D eigenvalue weighted by molar-refractivity contribution is 6.22. The van der Waals surface area contributed by atoms with E-state index in [9.17, 15) is 14.4 Å². The molecule has 5 heteroatoms. The zero-order valence-electron chi connectivity index (χ0n) is 11.9. The van der Waals surface area contributed by atoms with Gasteiger partial charge < -0.3 is 5.11 Å². The van der Waals surface area contributed by atoms with E-state index in [0.717, 1.165) is 25.7 Å². The second-order valence-corrected chi connectivity index (χ2v) is 6.00. The fraction of sp³-hybridized carbons (Fsp3) is 0.438. The topological polar surface area (TPSA) is 74.7 Å². The molecule has 0 unspecified atom stereocenters. The van der Waals surface area contributed by atoms with E-state index < -0.39 is 11.4 Å². The minimum absolute atomic E-state index is 0.118. The molecule has 0 atom stereocenters. The molecule has 1 heterocycles. The summed E-state index contributed by atoms with van der Waals surface area (Å²) in [5.74, 6) is -1.30. The molecule has 3 rings (SSSR count). The standard InChI is InChI=1S/C16H17NO4/c1-10-8-11(4-5-12(10)14(19)20)17-13(18)9-16(15(17)21)6-2-3-7-16/h4-5,8H,2-3,6-7,9H2,1H3,(H,19,20). The van der Waals surface area contributed by atoms with E-state index >= 15 is 0 Å². The van der Waals surface area contributed by atoms with E-state index in [1.54, 1.807) is 19.1 Å². The molecule has 1 saturated carbocycles. The Bertz CT molecular complexity index is 644. The highest BCUT2D eigenvalue weighted by Crippen LogP contribution is 2.48. The minimum Gasteiger partial charge on any atom is -0.478 e. The van der Waals surface area contributed by atoms with Crippen LogP contribution in [-0.4, -0.2) is 22.9 Å². The van der Waals surface area contributed by atoms with Crippen LogP contribution < -0.4 is 4.90 Å². The van der Waals surface area contributed by atoms with Gasteiger partial charge >= 0.3 is 5.97 Å². The van der Waals surface area contributed by atoms with Gasteiger partial charge in [-0.05, 0) is 43.5 Å². The molecule has 2 aliphatic rings. The van der Waals surface area contributed by atoms with Crippen molar-refractivity contribution in [1.82, 2.24) is 0 Å².